The minimum Gasteiger partial charge on any atom is -0.294 e. The Morgan fingerprint density at radius 2 is 1.53 bits per heavy atom. The van der Waals surface area contributed by atoms with Gasteiger partial charge in [-0.1, -0.05) is 67.6 Å². The molecule has 0 atom stereocenters. The van der Waals surface area contributed by atoms with Crippen LogP contribution in [-0.2, 0) is 4.79 Å². The molecule has 0 bridgehead atoms. The van der Waals surface area contributed by atoms with Crippen molar-refractivity contribution in [1.29, 1.82) is 0 Å². The Labute approximate surface area is 114 Å². The van der Waals surface area contributed by atoms with Crippen molar-refractivity contribution in [3.05, 3.63) is 71.8 Å². The number of carbonyl (C=O) groups excluding carboxylic acids is 1. The van der Waals surface area contributed by atoms with Crippen LogP contribution in [0.4, 0.5) is 0 Å². The summed E-state index contributed by atoms with van der Waals surface area (Å²) in [5, 5.41) is 0. The van der Waals surface area contributed by atoms with Crippen LogP contribution in [0.5, 0.6) is 0 Å². The van der Waals surface area contributed by atoms with Gasteiger partial charge in [-0.25, -0.2) is 0 Å². The molecule has 96 valence electrons. The first-order valence-electron chi connectivity index (χ1n) is 6.66. The molecule has 2 aromatic rings. The first kappa shape index (κ1) is 13.3. The summed E-state index contributed by atoms with van der Waals surface area (Å²) < 4.78 is 0. The monoisotopic (exact) mass is 250 g/mol. The summed E-state index contributed by atoms with van der Waals surface area (Å²) in [7, 11) is 0. The van der Waals surface area contributed by atoms with E-state index in [-0.39, 0.29) is 5.78 Å². The van der Waals surface area contributed by atoms with Gasteiger partial charge >= 0.3 is 0 Å². The van der Waals surface area contributed by atoms with Gasteiger partial charge in [0.25, 0.3) is 0 Å². The van der Waals surface area contributed by atoms with E-state index in [0.717, 1.165) is 23.1 Å². The minimum atomic E-state index is 0.206. The molecule has 0 unspecified atom stereocenters. The number of allylic oxidation sites excluding steroid dienone is 1. The summed E-state index contributed by atoms with van der Waals surface area (Å²) in [6.45, 7) is 2.03. The third-order valence-electron chi connectivity index (χ3n) is 2.97. The molecule has 2 aromatic carbocycles. The maximum absolute atomic E-state index is 12.3. The summed E-state index contributed by atoms with van der Waals surface area (Å²) in [6.07, 6.45) is 3.44. The molecule has 0 spiro atoms. The lowest BCUT2D eigenvalue weighted by molar-refractivity contribution is -0.113. The zero-order valence-corrected chi connectivity index (χ0v) is 11.2. The second-order valence-electron chi connectivity index (χ2n) is 4.51. The molecule has 1 heteroatoms. The first-order valence-corrected chi connectivity index (χ1v) is 6.66. The van der Waals surface area contributed by atoms with Crippen molar-refractivity contribution < 1.29 is 4.79 Å². The van der Waals surface area contributed by atoms with E-state index in [1.165, 1.54) is 0 Å². The average Bonchev–Trinajstić information content (AvgIpc) is 2.47. The topological polar surface area (TPSA) is 17.1 Å². The van der Waals surface area contributed by atoms with Gasteiger partial charge in [0.05, 0.1) is 0 Å². The number of hydrogen-bond acceptors (Lipinski definition) is 1. The average molecular weight is 250 g/mol. The number of ketones is 1. The molecule has 0 fully saturated rings. The Morgan fingerprint density at radius 1 is 0.947 bits per heavy atom. The molecule has 0 saturated heterocycles. The number of benzene rings is 2. The molecule has 0 aliphatic rings. The van der Waals surface area contributed by atoms with Gasteiger partial charge in [-0.15, -0.1) is 0 Å². The molecule has 0 amide bonds. The van der Waals surface area contributed by atoms with E-state index in [1.807, 2.05) is 73.7 Å². The van der Waals surface area contributed by atoms with Crippen LogP contribution >= 0.6 is 0 Å². The van der Waals surface area contributed by atoms with E-state index in [9.17, 15) is 4.79 Å². The maximum atomic E-state index is 12.3. The van der Waals surface area contributed by atoms with Crippen molar-refractivity contribution in [2.45, 2.75) is 19.8 Å². The van der Waals surface area contributed by atoms with Crippen LogP contribution in [0.15, 0.2) is 60.7 Å². The molecule has 0 radical (unpaired) electrons. The number of hydrogen-bond donors (Lipinski definition) is 0. The molecule has 2 rings (SSSR count). The number of Topliss-reactive ketones (excluding diaryl/α,β-unsaturated/α-hetero) is 1. The van der Waals surface area contributed by atoms with Crippen LogP contribution in [-0.4, -0.2) is 5.78 Å². The van der Waals surface area contributed by atoms with Crippen LogP contribution < -0.4 is 0 Å². The fourth-order valence-corrected chi connectivity index (χ4v) is 2.02. The SMILES string of the molecule is CCCC(=O)/C(=C/c1ccccc1)c1ccccc1. The van der Waals surface area contributed by atoms with Gasteiger partial charge in [0.1, 0.15) is 0 Å². The smallest absolute Gasteiger partial charge is 0.163 e. The standard InChI is InChI=1S/C18H18O/c1-2-9-18(19)17(16-12-7-4-8-13-16)14-15-10-5-3-6-11-15/h3-8,10-14H,2,9H2,1H3/b17-14+. The Balaban J connectivity index is 2.41. The lowest BCUT2D eigenvalue weighted by Crippen LogP contribution is -2.01. The van der Waals surface area contributed by atoms with Crippen LogP contribution in [0.3, 0.4) is 0 Å². The molecule has 0 heterocycles. The predicted molar refractivity (Wildman–Crippen MR) is 80.7 cm³/mol. The molecule has 1 nitrogen and oxygen atoms in total. The second kappa shape index (κ2) is 6.69. The molecule has 0 saturated carbocycles. The van der Waals surface area contributed by atoms with E-state index in [4.69, 9.17) is 0 Å². The Kier molecular flexibility index (Phi) is 4.68. The van der Waals surface area contributed by atoms with Gasteiger partial charge in [-0.05, 0) is 23.6 Å². The first-order chi connectivity index (χ1) is 9.31. The highest BCUT2D eigenvalue weighted by Crippen LogP contribution is 2.21. The molecule has 0 aromatic heterocycles. The summed E-state index contributed by atoms with van der Waals surface area (Å²) >= 11 is 0. The molecule has 0 N–H and O–H groups in total. The third kappa shape index (κ3) is 3.65. The Hall–Kier alpha value is -2.15. The lowest BCUT2D eigenvalue weighted by Gasteiger charge is -2.06. The van der Waals surface area contributed by atoms with Crippen molar-refractivity contribution >= 4 is 17.4 Å². The van der Waals surface area contributed by atoms with Crippen LogP contribution in [0.25, 0.3) is 11.6 Å². The predicted octanol–water partition coefficient (Wildman–Crippen LogP) is 4.60. The van der Waals surface area contributed by atoms with Crippen molar-refractivity contribution in [2.24, 2.45) is 0 Å². The van der Waals surface area contributed by atoms with Crippen molar-refractivity contribution in [2.75, 3.05) is 0 Å². The molecule has 19 heavy (non-hydrogen) atoms. The van der Waals surface area contributed by atoms with Gasteiger partial charge in [-0.3, -0.25) is 4.79 Å². The highest BCUT2D eigenvalue weighted by atomic mass is 16.1. The second-order valence-corrected chi connectivity index (χ2v) is 4.51. The number of carbonyl (C=O) groups is 1. The van der Waals surface area contributed by atoms with Crippen LogP contribution in [0, 0.1) is 0 Å². The van der Waals surface area contributed by atoms with E-state index in [2.05, 4.69) is 0 Å². The lowest BCUT2D eigenvalue weighted by atomic mass is 9.97. The molecule has 0 aliphatic carbocycles. The van der Waals surface area contributed by atoms with Crippen LogP contribution in [0.2, 0.25) is 0 Å². The normalized spacial score (nSPS) is 11.3. The van der Waals surface area contributed by atoms with Gasteiger partial charge in [0, 0.05) is 12.0 Å². The third-order valence-corrected chi connectivity index (χ3v) is 2.97. The van der Waals surface area contributed by atoms with Crippen molar-refractivity contribution in [1.82, 2.24) is 0 Å². The highest BCUT2D eigenvalue weighted by molar-refractivity contribution is 6.25. The van der Waals surface area contributed by atoms with Gasteiger partial charge in [0.15, 0.2) is 5.78 Å². The fraction of sp³-hybridized carbons (Fsp3) is 0.167. The zero-order valence-electron chi connectivity index (χ0n) is 11.2. The summed E-state index contributed by atoms with van der Waals surface area (Å²) in [6, 6.07) is 19.9. The Bertz CT molecular complexity index is 553. The summed E-state index contributed by atoms with van der Waals surface area (Å²) in [4.78, 5) is 12.3. The summed E-state index contributed by atoms with van der Waals surface area (Å²) in [5.41, 5.74) is 2.85. The van der Waals surface area contributed by atoms with Gasteiger partial charge in [0.2, 0.25) is 0 Å². The molecular formula is C18H18O. The van der Waals surface area contributed by atoms with E-state index in [1.54, 1.807) is 0 Å². The molecule has 0 aliphatic heterocycles. The highest BCUT2D eigenvalue weighted by Gasteiger charge is 2.10. The van der Waals surface area contributed by atoms with E-state index in [0.29, 0.717) is 6.42 Å². The van der Waals surface area contributed by atoms with Crippen molar-refractivity contribution in [3.8, 4) is 0 Å². The number of rotatable bonds is 5. The maximum Gasteiger partial charge on any atom is 0.163 e. The molecular weight excluding hydrogens is 232 g/mol. The summed E-state index contributed by atoms with van der Waals surface area (Å²) in [5.74, 6) is 0.206. The van der Waals surface area contributed by atoms with Gasteiger partial charge < -0.3 is 0 Å². The van der Waals surface area contributed by atoms with Crippen LogP contribution in [0.1, 0.15) is 30.9 Å². The van der Waals surface area contributed by atoms with Gasteiger partial charge in [-0.2, -0.15) is 0 Å². The van der Waals surface area contributed by atoms with Crippen molar-refractivity contribution in [3.63, 3.8) is 0 Å². The largest absolute Gasteiger partial charge is 0.294 e. The fourth-order valence-electron chi connectivity index (χ4n) is 2.02. The van der Waals surface area contributed by atoms with E-state index >= 15 is 0 Å². The Morgan fingerprint density at radius 3 is 2.11 bits per heavy atom. The zero-order chi connectivity index (χ0) is 13.5. The quantitative estimate of drug-likeness (QED) is 0.560. The minimum absolute atomic E-state index is 0.206. The van der Waals surface area contributed by atoms with E-state index < -0.39 is 0 Å².